The van der Waals surface area contributed by atoms with Crippen LogP contribution in [0.2, 0.25) is 0 Å². The summed E-state index contributed by atoms with van der Waals surface area (Å²) in [5.74, 6) is -3.44. The molecule has 0 saturated carbocycles. The van der Waals surface area contributed by atoms with Gasteiger partial charge in [-0.15, -0.1) is 0 Å². The number of alkyl halides is 5. The molecule has 1 nitrogen and oxygen atoms in total. The number of unbranched alkanes of at least 4 members (excludes halogenated alkanes) is 2. The van der Waals surface area contributed by atoms with Gasteiger partial charge in [-0.25, -0.2) is 13.2 Å². The Morgan fingerprint density at radius 1 is 0.543 bits per heavy atom. The molecule has 0 saturated heterocycles. The Hall–Kier alpha value is -4.66. The fraction of sp³-hybridized carbons (Fsp3) is 0.189. The first-order valence-electron chi connectivity index (χ1n) is 14.6. The van der Waals surface area contributed by atoms with E-state index in [9.17, 15) is 26.3 Å². The highest BCUT2D eigenvalue weighted by molar-refractivity contribution is 5.74. The SMILES string of the molecule is CCCCCc1ccc(-c2ccc(-c3ccc(-c4ccc(C(F)(F)Oc5ccc(C(F)(F)F)cc5)c(F)c4)c(F)c3)c(F)c2)cc1. The van der Waals surface area contributed by atoms with Gasteiger partial charge in [-0.05, 0) is 89.2 Å². The van der Waals surface area contributed by atoms with Crippen LogP contribution in [0.3, 0.4) is 0 Å². The summed E-state index contributed by atoms with van der Waals surface area (Å²) in [6.45, 7) is 2.15. The lowest BCUT2D eigenvalue weighted by atomic mass is 9.96. The van der Waals surface area contributed by atoms with Crippen LogP contribution in [0.25, 0.3) is 33.4 Å². The number of hydrogen-bond donors (Lipinski definition) is 0. The number of halogens is 8. The van der Waals surface area contributed by atoms with Crippen LogP contribution in [0.5, 0.6) is 5.75 Å². The van der Waals surface area contributed by atoms with E-state index in [4.69, 9.17) is 0 Å². The minimum Gasteiger partial charge on any atom is -0.429 e. The smallest absolute Gasteiger partial charge is 0.429 e. The average Bonchev–Trinajstić information content (AvgIpc) is 3.01. The number of ether oxygens (including phenoxy) is 1. The zero-order valence-electron chi connectivity index (χ0n) is 24.6. The Morgan fingerprint density at radius 2 is 1.07 bits per heavy atom. The third-order valence-electron chi connectivity index (χ3n) is 7.63. The predicted octanol–water partition coefficient (Wildman–Crippen LogP) is 12.0. The topological polar surface area (TPSA) is 9.23 Å². The van der Waals surface area contributed by atoms with E-state index in [0.717, 1.165) is 43.4 Å². The zero-order chi connectivity index (χ0) is 33.1. The van der Waals surface area contributed by atoms with Gasteiger partial charge in [0.2, 0.25) is 0 Å². The van der Waals surface area contributed by atoms with Gasteiger partial charge >= 0.3 is 12.3 Å². The van der Waals surface area contributed by atoms with Gasteiger partial charge in [0.1, 0.15) is 23.2 Å². The Bertz CT molecular complexity index is 1810. The second kappa shape index (κ2) is 13.4. The Kier molecular flexibility index (Phi) is 9.51. The Balaban J connectivity index is 1.32. The Morgan fingerprint density at radius 3 is 1.61 bits per heavy atom. The van der Waals surface area contributed by atoms with E-state index >= 15 is 8.78 Å². The molecule has 0 aromatic heterocycles. The normalized spacial score (nSPS) is 11.9. The van der Waals surface area contributed by atoms with Crippen LogP contribution in [-0.2, 0) is 18.7 Å². The Labute approximate surface area is 261 Å². The molecule has 0 unspecified atom stereocenters. The minimum absolute atomic E-state index is 0.0652. The number of benzene rings is 5. The summed E-state index contributed by atoms with van der Waals surface area (Å²) >= 11 is 0. The zero-order valence-corrected chi connectivity index (χ0v) is 24.6. The van der Waals surface area contributed by atoms with Crippen LogP contribution in [0.15, 0.2) is 103 Å². The summed E-state index contributed by atoms with van der Waals surface area (Å²) in [6, 6.07) is 21.3. The highest BCUT2D eigenvalue weighted by atomic mass is 19.4. The van der Waals surface area contributed by atoms with E-state index in [1.165, 1.54) is 23.8 Å². The van der Waals surface area contributed by atoms with Crippen molar-refractivity contribution in [3.63, 3.8) is 0 Å². The molecule has 0 heterocycles. The first-order valence-corrected chi connectivity index (χ1v) is 14.6. The van der Waals surface area contributed by atoms with Crippen LogP contribution in [0, 0.1) is 17.5 Å². The molecule has 0 atom stereocenters. The molecule has 9 heteroatoms. The van der Waals surface area contributed by atoms with Crippen LogP contribution in [-0.4, -0.2) is 0 Å². The van der Waals surface area contributed by atoms with Crippen molar-refractivity contribution in [1.29, 1.82) is 0 Å². The maximum absolute atomic E-state index is 15.2. The molecule has 46 heavy (non-hydrogen) atoms. The molecule has 0 spiro atoms. The number of aryl methyl sites for hydroxylation is 1. The summed E-state index contributed by atoms with van der Waals surface area (Å²) < 4.78 is 118. The molecule has 0 fully saturated rings. The van der Waals surface area contributed by atoms with Gasteiger partial charge in [0.15, 0.2) is 0 Å². The van der Waals surface area contributed by atoms with Crippen molar-refractivity contribution >= 4 is 0 Å². The highest BCUT2D eigenvalue weighted by Crippen LogP contribution is 2.38. The van der Waals surface area contributed by atoms with Gasteiger partial charge < -0.3 is 4.74 Å². The quantitative estimate of drug-likeness (QED) is 0.109. The summed E-state index contributed by atoms with van der Waals surface area (Å²) in [5, 5.41) is 0. The lowest BCUT2D eigenvalue weighted by molar-refractivity contribution is -0.187. The third-order valence-corrected chi connectivity index (χ3v) is 7.63. The molecule has 0 amide bonds. The fourth-order valence-corrected chi connectivity index (χ4v) is 5.12. The number of rotatable bonds is 10. The van der Waals surface area contributed by atoms with E-state index in [1.54, 1.807) is 12.1 Å². The van der Waals surface area contributed by atoms with Crippen molar-refractivity contribution in [3.05, 3.63) is 137 Å². The first kappa shape index (κ1) is 32.7. The van der Waals surface area contributed by atoms with Gasteiger partial charge in [0.25, 0.3) is 0 Å². The molecule has 0 bridgehead atoms. The van der Waals surface area contributed by atoms with E-state index < -0.39 is 46.6 Å². The average molecular weight is 641 g/mol. The van der Waals surface area contributed by atoms with Crippen molar-refractivity contribution < 1.29 is 39.9 Å². The molecule has 0 radical (unpaired) electrons. The highest BCUT2D eigenvalue weighted by Gasteiger charge is 2.38. The van der Waals surface area contributed by atoms with E-state index in [-0.39, 0.29) is 22.3 Å². The van der Waals surface area contributed by atoms with Gasteiger partial charge in [0, 0.05) is 11.1 Å². The first-order chi connectivity index (χ1) is 21.9. The molecule has 5 aromatic carbocycles. The minimum atomic E-state index is -4.67. The summed E-state index contributed by atoms with van der Waals surface area (Å²) in [4.78, 5) is 0. The molecular formula is C37H28F8O. The van der Waals surface area contributed by atoms with Crippen LogP contribution in [0.4, 0.5) is 35.1 Å². The molecule has 0 aliphatic carbocycles. The molecule has 5 rings (SSSR count). The summed E-state index contributed by atoms with van der Waals surface area (Å²) in [6.07, 6.45) is -4.54. The lowest BCUT2D eigenvalue weighted by Gasteiger charge is -2.19. The van der Waals surface area contributed by atoms with Gasteiger partial charge in [-0.3, -0.25) is 0 Å². The maximum Gasteiger partial charge on any atom is 0.429 e. The van der Waals surface area contributed by atoms with Gasteiger partial charge in [-0.2, -0.15) is 22.0 Å². The largest absolute Gasteiger partial charge is 0.429 e. The van der Waals surface area contributed by atoms with E-state index in [1.807, 2.05) is 24.3 Å². The lowest BCUT2D eigenvalue weighted by Crippen LogP contribution is -2.23. The van der Waals surface area contributed by atoms with Crippen molar-refractivity contribution in [3.8, 4) is 39.1 Å². The van der Waals surface area contributed by atoms with Crippen LogP contribution in [0.1, 0.15) is 42.9 Å². The fourth-order valence-electron chi connectivity index (χ4n) is 5.12. The predicted molar refractivity (Wildman–Crippen MR) is 162 cm³/mol. The van der Waals surface area contributed by atoms with Crippen molar-refractivity contribution in [2.75, 3.05) is 0 Å². The maximum atomic E-state index is 15.2. The van der Waals surface area contributed by atoms with E-state index in [2.05, 4.69) is 11.7 Å². The van der Waals surface area contributed by atoms with E-state index in [0.29, 0.717) is 42.0 Å². The molecule has 0 aliphatic heterocycles. The molecule has 5 aromatic rings. The molecule has 238 valence electrons. The summed E-state index contributed by atoms with van der Waals surface area (Å²) in [7, 11) is 0. The standard InChI is InChI=1S/C37H28F8O/c1-2-3-4-5-23-6-8-24(9-7-23)25-10-17-30(33(38)20-25)26-11-18-31(34(39)21-26)27-12-19-32(35(40)22-27)37(44,45)46-29-15-13-28(14-16-29)36(41,42)43/h6-22H,2-5H2,1H3. The summed E-state index contributed by atoms with van der Waals surface area (Å²) in [5.41, 5.74) is 0.644. The molecule has 0 aliphatic rings. The van der Waals surface area contributed by atoms with Gasteiger partial charge in [-0.1, -0.05) is 74.4 Å². The van der Waals surface area contributed by atoms with Crippen LogP contribution >= 0.6 is 0 Å². The molecule has 0 N–H and O–H groups in total. The van der Waals surface area contributed by atoms with Crippen molar-refractivity contribution in [1.82, 2.24) is 0 Å². The van der Waals surface area contributed by atoms with Crippen LogP contribution < -0.4 is 4.74 Å². The van der Waals surface area contributed by atoms with Crippen molar-refractivity contribution in [2.24, 2.45) is 0 Å². The van der Waals surface area contributed by atoms with Gasteiger partial charge in [0.05, 0.1) is 11.1 Å². The second-order valence-electron chi connectivity index (χ2n) is 10.9. The monoisotopic (exact) mass is 640 g/mol. The van der Waals surface area contributed by atoms with Crippen molar-refractivity contribution in [2.45, 2.75) is 44.9 Å². The molecular weight excluding hydrogens is 612 g/mol. The number of hydrogen-bond acceptors (Lipinski definition) is 1. The third kappa shape index (κ3) is 7.41. The second-order valence-corrected chi connectivity index (χ2v) is 10.9.